The van der Waals surface area contributed by atoms with Crippen molar-refractivity contribution >= 4 is 16.6 Å². The molecule has 0 radical (unpaired) electrons. The summed E-state index contributed by atoms with van der Waals surface area (Å²) < 4.78 is 24.5. The topological polar surface area (TPSA) is 34.1 Å². The van der Waals surface area contributed by atoms with Gasteiger partial charge >= 0.3 is 0 Å². The van der Waals surface area contributed by atoms with Crippen LogP contribution in [0.1, 0.15) is 16.8 Å². The molecule has 1 aromatic rings. The minimum absolute atomic E-state index is 0.0822. The smallest absolute Gasteiger partial charge is 0.165 e. The van der Waals surface area contributed by atoms with Crippen LogP contribution in [0.25, 0.3) is 0 Å². The molecule has 2 nitrogen and oxygen atoms in total. The van der Waals surface area contributed by atoms with E-state index >= 15 is 0 Å². The Morgan fingerprint density at radius 3 is 2.85 bits per heavy atom. The highest BCUT2D eigenvalue weighted by Crippen LogP contribution is 2.24. The lowest BCUT2D eigenvalue weighted by molar-refractivity contribution is 0.0983. The Hall–Kier alpha value is -1.03. The van der Waals surface area contributed by atoms with E-state index in [1.54, 1.807) is 0 Å². The first-order valence-corrected chi connectivity index (χ1v) is 5.22. The average molecular weight is 198 g/mol. The van der Waals surface area contributed by atoms with E-state index in [9.17, 15) is 13.4 Å². The van der Waals surface area contributed by atoms with Gasteiger partial charge in [0, 0.05) is 17.7 Å². The van der Waals surface area contributed by atoms with Crippen LogP contribution < -0.4 is 0 Å². The van der Waals surface area contributed by atoms with Gasteiger partial charge in [0.1, 0.15) is 5.82 Å². The normalized spacial score (nSPS) is 21.3. The Bertz CT molecular complexity index is 401. The molecule has 0 bridgehead atoms. The Morgan fingerprint density at radius 2 is 2.15 bits per heavy atom. The molecule has 0 saturated carbocycles. The summed E-state index contributed by atoms with van der Waals surface area (Å²) in [5, 5.41) is 0. The maximum atomic E-state index is 13.1. The van der Waals surface area contributed by atoms with Crippen molar-refractivity contribution in [3.63, 3.8) is 0 Å². The first kappa shape index (κ1) is 8.56. The summed E-state index contributed by atoms with van der Waals surface area (Å²) in [6.07, 6.45) is 0.253. The number of ketones is 1. The van der Waals surface area contributed by atoms with E-state index in [0.717, 1.165) is 0 Å². The van der Waals surface area contributed by atoms with Gasteiger partial charge in [0.15, 0.2) is 5.78 Å². The number of rotatable bonds is 0. The molecule has 13 heavy (non-hydrogen) atoms. The van der Waals surface area contributed by atoms with Crippen LogP contribution in [0.3, 0.4) is 0 Å². The van der Waals surface area contributed by atoms with E-state index in [1.807, 2.05) is 0 Å². The van der Waals surface area contributed by atoms with Gasteiger partial charge in [0.2, 0.25) is 0 Å². The second kappa shape index (κ2) is 3.03. The van der Waals surface area contributed by atoms with Gasteiger partial charge in [0.25, 0.3) is 0 Å². The van der Waals surface area contributed by atoms with E-state index in [-0.39, 0.29) is 28.4 Å². The van der Waals surface area contributed by atoms with Crippen molar-refractivity contribution < 1.29 is 13.4 Å². The Balaban J connectivity index is 2.70. The number of carbonyl (C=O) groups is 1. The molecule has 0 fully saturated rings. The number of fused-ring (bicyclic) bond motifs is 1. The molecule has 0 aliphatic carbocycles. The van der Waals surface area contributed by atoms with E-state index < -0.39 is 16.6 Å². The fourth-order valence-electron chi connectivity index (χ4n) is 1.38. The van der Waals surface area contributed by atoms with E-state index in [0.29, 0.717) is 0 Å². The molecule has 1 atom stereocenters. The summed E-state index contributed by atoms with van der Waals surface area (Å²) in [5.74, 6) is -0.412. The SMILES string of the molecule is O=C1CCS(=O)c2c(F)cccc21. The molecule has 68 valence electrons. The summed E-state index contributed by atoms with van der Waals surface area (Å²) in [5.41, 5.74) is 0.282. The molecule has 0 amide bonds. The van der Waals surface area contributed by atoms with Crippen LogP contribution >= 0.6 is 0 Å². The summed E-state index contributed by atoms with van der Waals surface area (Å²) >= 11 is 0. The highest BCUT2D eigenvalue weighted by molar-refractivity contribution is 7.85. The van der Waals surface area contributed by atoms with Crippen LogP contribution in [0.4, 0.5) is 4.39 Å². The lowest BCUT2D eigenvalue weighted by Gasteiger charge is -2.13. The standard InChI is InChI=1S/C9H7FO2S/c10-7-3-1-2-6-8(11)4-5-13(12)9(6)7/h1-3H,4-5H2. The van der Waals surface area contributed by atoms with Gasteiger partial charge in [-0.15, -0.1) is 0 Å². The van der Waals surface area contributed by atoms with Gasteiger partial charge in [-0.25, -0.2) is 4.39 Å². The van der Waals surface area contributed by atoms with Gasteiger partial charge < -0.3 is 0 Å². The van der Waals surface area contributed by atoms with Crippen molar-refractivity contribution in [3.8, 4) is 0 Å². The molecule has 1 heterocycles. The van der Waals surface area contributed by atoms with Crippen molar-refractivity contribution in [2.45, 2.75) is 11.3 Å². The summed E-state index contributed by atoms with van der Waals surface area (Å²) in [4.78, 5) is 11.4. The minimum Gasteiger partial charge on any atom is -0.294 e. The summed E-state index contributed by atoms with van der Waals surface area (Å²) in [6.45, 7) is 0. The van der Waals surface area contributed by atoms with Crippen LogP contribution in [0, 0.1) is 5.82 Å². The molecular weight excluding hydrogens is 191 g/mol. The van der Waals surface area contributed by atoms with Gasteiger partial charge in [0.05, 0.1) is 15.7 Å². The predicted octanol–water partition coefficient (Wildman–Crippen LogP) is 1.52. The minimum atomic E-state index is -1.34. The highest BCUT2D eigenvalue weighted by atomic mass is 32.2. The van der Waals surface area contributed by atoms with Gasteiger partial charge in [-0.1, -0.05) is 6.07 Å². The first-order valence-electron chi connectivity index (χ1n) is 3.90. The quantitative estimate of drug-likeness (QED) is 0.633. The third-order valence-electron chi connectivity index (χ3n) is 2.01. The fourth-order valence-corrected chi connectivity index (χ4v) is 2.67. The van der Waals surface area contributed by atoms with Crippen LogP contribution in [-0.2, 0) is 10.8 Å². The fraction of sp³-hybridized carbons (Fsp3) is 0.222. The van der Waals surface area contributed by atoms with E-state index in [2.05, 4.69) is 0 Å². The van der Waals surface area contributed by atoms with E-state index in [1.165, 1.54) is 18.2 Å². The molecule has 4 heteroatoms. The van der Waals surface area contributed by atoms with Crippen molar-refractivity contribution in [3.05, 3.63) is 29.6 Å². The zero-order valence-corrected chi connectivity index (χ0v) is 7.57. The maximum absolute atomic E-state index is 13.1. The lowest BCUT2D eigenvalue weighted by atomic mass is 10.1. The molecule has 1 aliphatic rings. The number of Topliss-reactive ketones (excluding diaryl/α,β-unsaturated/α-hetero) is 1. The second-order valence-corrected chi connectivity index (χ2v) is 4.35. The van der Waals surface area contributed by atoms with Crippen LogP contribution in [0.2, 0.25) is 0 Å². The summed E-state index contributed by atoms with van der Waals surface area (Å²) in [6, 6.07) is 4.22. The largest absolute Gasteiger partial charge is 0.294 e. The van der Waals surface area contributed by atoms with Crippen molar-refractivity contribution in [2.75, 3.05) is 5.75 Å². The van der Waals surface area contributed by atoms with Crippen molar-refractivity contribution in [1.82, 2.24) is 0 Å². The molecule has 1 aromatic carbocycles. The molecule has 0 N–H and O–H groups in total. The van der Waals surface area contributed by atoms with Gasteiger partial charge in [-0.05, 0) is 12.1 Å². The van der Waals surface area contributed by atoms with Gasteiger partial charge in [-0.2, -0.15) is 0 Å². The van der Waals surface area contributed by atoms with Crippen molar-refractivity contribution in [2.24, 2.45) is 0 Å². The highest BCUT2D eigenvalue weighted by Gasteiger charge is 2.25. The predicted molar refractivity (Wildman–Crippen MR) is 46.6 cm³/mol. The lowest BCUT2D eigenvalue weighted by Crippen LogP contribution is -2.17. The average Bonchev–Trinajstić information content (AvgIpc) is 2.12. The summed E-state index contributed by atoms with van der Waals surface area (Å²) in [7, 11) is -1.34. The second-order valence-electron chi connectivity index (χ2n) is 2.84. The van der Waals surface area contributed by atoms with Crippen molar-refractivity contribution in [1.29, 1.82) is 0 Å². The zero-order valence-electron chi connectivity index (χ0n) is 6.75. The maximum Gasteiger partial charge on any atom is 0.165 e. The third-order valence-corrected chi connectivity index (χ3v) is 3.45. The molecular formula is C9H7FO2S. The first-order chi connectivity index (χ1) is 6.20. The van der Waals surface area contributed by atoms with Crippen LogP contribution in [0.5, 0.6) is 0 Å². The molecule has 0 saturated heterocycles. The number of benzene rings is 1. The Kier molecular flexibility index (Phi) is 2.00. The monoisotopic (exact) mass is 198 g/mol. The van der Waals surface area contributed by atoms with Gasteiger partial charge in [-0.3, -0.25) is 9.00 Å². The van der Waals surface area contributed by atoms with E-state index in [4.69, 9.17) is 0 Å². The van der Waals surface area contributed by atoms with Crippen LogP contribution in [0.15, 0.2) is 23.1 Å². The number of hydrogen-bond donors (Lipinski definition) is 0. The molecule has 1 aliphatic heterocycles. The third kappa shape index (κ3) is 1.31. The molecule has 1 unspecified atom stereocenters. The number of halogens is 1. The zero-order chi connectivity index (χ0) is 9.42. The Labute approximate surface area is 77.2 Å². The molecule has 0 spiro atoms. The molecule has 0 aromatic heterocycles. The number of hydrogen-bond acceptors (Lipinski definition) is 2. The van der Waals surface area contributed by atoms with Crippen LogP contribution in [-0.4, -0.2) is 15.7 Å². The number of carbonyl (C=O) groups excluding carboxylic acids is 1. The Morgan fingerprint density at radius 1 is 1.38 bits per heavy atom. The molecule has 2 rings (SSSR count).